The number of carbonyl (C=O) groups is 7. The number of hydrogen-bond acceptors (Lipinski definition) is 25. The lowest BCUT2D eigenvalue weighted by atomic mass is 9.32. The van der Waals surface area contributed by atoms with E-state index in [1.807, 2.05) is 11.5 Å². The first-order valence-electron chi connectivity index (χ1n) is 32.3. The fraction of sp³-hybridized carbons (Fsp3) is 0.677. The lowest BCUT2D eigenvalue weighted by Crippen LogP contribution is -3.02. The number of esters is 2. The molecule has 31 heteroatoms. The Bertz CT molecular complexity index is 3880. The van der Waals surface area contributed by atoms with E-state index in [4.69, 9.17) is 72.0 Å². The summed E-state index contributed by atoms with van der Waals surface area (Å²) < 4.78 is 93.7. The summed E-state index contributed by atoms with van der Waals surface area (Å²) in [5.74, 6) is 2.14. The van der Waals surface area contributed by atoms with Crippen LogP contribution in [0.2, 0.25) is 0 Å². The molecule has 8 aliphatic heterocycles. The number of urea groups is 2. The van der Waals surface area contributed by atoms with Crippen molar-refractivity contribution < 1.29 is 114 Å². The molecule has 3 spiro atoms. The first-order chi connectivity index (χ1) is 46.3. The van der Waals surface area contributed by atoms with Crippen LogP contribution in [0.1, 0.15) is 44.6 Å². The number of ether oxygens (including phenoxy) is 14. The zero-order chi connectivity index (χ0) is 67.3. The van der Waals surface area contributed by atoms with Crippen LogP contribution in [0.4, 0.5) is 15.4 Å². The van der Waals surface area contributed by atoms with E-state index in [9.17, 15) is 38.7 Å². The SMILES string of the molecule is COC1C(OC)C23COC4OC5C67COC8OC9(OC)C8C8C(OC(=O)CCC#Cc%10cn(c%11ncnc(N)c%10%11)CCC(C[N+]%10=CC(C#CCCC(=O)OC(C6OC)C7C45OC)C(=O)NC%10=O)C(C)C[N+]4=CC(/C=C/C(=O)NC5(C(OC)OC25)C13)C(=O)NC4=O)C(OC)C89CO. The number of hydrogen-bond donors (Lipinski definition) is 5. The maximum Gasteiger partial charge on any atom is 0.498 e. The molecule has 6 N–H and O–H groups in total. The van der Waals surface area contributed by atoms with Gasteiger partial charge >= 0.3 is 35.8 Å². The number of nitrogens with zero attached hydrogens (tertiary/aromatic N) is 5. The first kappa shape index (κ1) is 64.8. The van der Waals surface area contributed by atoms with Crippen LogP contribution in [0, 0.1) is 87.3 Å². The molecular formula is C65H77N9O22+2. The topological polar surface area (TPSA) is 368 Å². The van der Waals surface area contributed by atoms with Crippen molar-refractivity contribution in [1.82, 2.24) is 30.5 Å². The predicted octanol–water partition coefficient (Wildman–Crippen LogP) is -1.50. The Morgan fingerprint density at radius 3 is 2.19 bits per heavy atom. The number of amides is 7. The molecule has 96 heavy (non-hydrogen) atoms. The summed E-state index contributed by atoms with van der Waals surface area (Å²) in [6, 6.07) is -1.44. The lowest BCUT2D eigenvalue weighted by molar-refractivity contribution is -0.600. The Balaban J connectivity index is 0.821. The zero-order valence-corrected chi connectivity index (χ0v) is 54.0. The van der Waals surface area contributed by atoms with Crippen molar-refractivity contribution in [2.75, 3.05) is 88.4 Å². The van der Waals surface area contributed by atoms with Gasteiger partial charge < -0.3 is 87.0 Å². The summed E-state index contributed by atoms with van der Waals surface area (Å²) in [5, 5.41) is 19.7. The number of anilines is 1. The van der Waals surface area contributed by atoms with E-state index < -0.39 is 197 Å². The third-order valence-electron chi connectivity index (χ3n) is 23.6. The van der Waals surface area contributed by atoms with E-state index in [1.165, 1.54) is 82.7 Å². The number of rotatable bonds is 8. The maximum atomic E-state index is 14.4. The van der Waals surface area contributed by atoms with Crippen molar-refractivity contribution in [3.05, 3.63) is 30.2 Å². The highest BCUT2D eigenvalue weighted by Crippen LogP contribution is 2.80. The largest absolute Gasteiger partial charge is 0.498 e. The number of nitrogen functional groups attached to an aromatic ring is 1. The van der Waals surface area contributed by atoms with Crippen LogP contribution in [0.15, 0.2) is 24.7 Å². The summed E-state index contributed by atoms with van der Waals surface area (Å²) in [6.07, 6.45) is -0.885. The van der Waals surface area contributed by atoms with Crippen molar-refractivity contribution in [3.63, 3.8) is 0 Å². The van der Waals surface area contributed by atoms with Gasteiger partial charge in [-0.25, -0.2) is 24.1 Å². The molecule has 9 fully saturated rings. The fourth-order valence-electron chi connectivity index (χ4n) is 19.5. The summed E-state index contributed by atoms with van der Waals surface area (Å²) in [7, 11) is 10.5. The quantitative estimate of drug-likeness (QED) is 0.114. The molecule has 25 atom stereocenters. The average molecular weight is 1340 g/mol. The molecule has 3 saturated heterocycles. The van der Waals surface area contributed by atoms with Crippen LogP contribution in [-0.2, 0) is 96.8 Å². The Kier molecular flexibility index (Phi) is 15.8. The second-order valence-electron chi connectivity index (χ2n) is 27.3. The van der Waals surface area contributed by atoms with E-state index >= 15 is 0 Å². The minimum absolute atomic E-state index is 0.000153. The minimum atomic E-state index is -1.39. The normalized spacial score (nSPS) is 45.4. The highest BCUT2D eigenvalue weighted by atomic mass is 16.8. The smallest absolute Gasteiger partial charge is 0.459 e. The molecule has 31 nitrogen and oxygen atoms in total. The van der Waals surface area contributed by atoms with Crippen molar-refractivity contribution in [3.8, 4) is 23.7 Å². The number of nitrogens with two attached hydrogens (primary N) is 1. The molecule has 0 radical (unpaired) electrons. The molecule has 2 aromatic rings. The molecule has 512 valence electrons. The Hall–Kier alpha value is -7.21. The molecule has 6 saturated carbocycles. The van der Waals surface area contributed by atoms with E-state index in [1.54, 1.807) is 13.3 Å². The van der Waals surface area contributed by atoms with Crippen molar-refractivity contribution in [2.45, 2.75) is 130 Å². The summed E-state index contributed by atoms with van der Waals surface area (Å²) in [4.78, 5) is 106. The van der Waals surface area contributed by atoms with Gasteiger partial charge in [-0.15, -0.1) is 5.92 Å². The second kappa shape index (κ2) is 23.5. The molecule has 16 rings (SSSR count). The van der Waals surface area contributed by atoms with Crippen LogP contribution in [0.25, 0.3) is 11.0 Å². The maximum absolute atomic E-state index is 14.4. The van der Waals surface area contributed by atoms with Gasteiger partial charge in [0.25, 0.3) is 0 Å². The van der Waals surface area contributed by atoms with Gasteiger partial charge in [-0.1, -0.05) is 30.8 Å². The predicted molar refractivity (Wildman–Crippen MR) is 321 cm³/mol. The summed E-state index contributed by atoms with van der Waals surface area (Å²) >= 11 is 0. The number of aliphatic hydroxyl groups is 1. The van der Waals surface area contributed by atoms with E-state index in [2.05, 4.69) is 49.6 Å². The number of carbonyl (C=O) groups excluding carboxylic acids is 7. The average Bonchev–Trinajstić information content (AvgIpc) is 0.650. The van der Waals surface area contributed by atoms with E-state index in [0.717, 1.165) is 0 Å². The molecule has 2 aromatic heterocycles. The van der Waals surface area contributed by atoms with Crippen LogP contribution in [0.3, 0.4) is 0 Å². The number of nitrogens with one attached hydrogen (secondary N) is 3. The van der Waals surface area contributed by atoms with Crippen LogP contribution in [-0.4, -0.2) is 250 Å². The van der Waals surface area contributed by atoms with Gasteiger partial charge in [0, 0.05) is 111 Å². The monoisotopic (exact) mass is 1340 g/mol. The minimum Gasteiger partial charge on any atom is -0.459 e. The zero-order valence-electron chi connectivity index (χ0n) is 54.0. The molecule has 0 aromatic carbocycles. The highest BCUT2D eigenvalue weighted by Gasteiger charge is 2.97. The summed E-state index contributed by atoms with van der Waals surface area (Å²) in [6.45, 7) is 1.51. The van der Waals surface area contributed by atoms with Crippen LogP contribution >= 0.6 is 0 Å². The van der Waals surface area contributed by atoms with Crippen LogP contribution in [0.5, 0.6) is 0 Å². The van der Waals surface area contributed by atoms with Crippen molar-refractivity contribution in [2.24, 2.45) is 63.6 Å². The van der Waals surface area contributed by atoms with E-state index in [-0.39, 0.29) is 64.3 Å². The molecule has 14 aliphatic rings. The highest BCUT2D eigenvalue weighted by molar-refractivity contribution is 6.06. The van der Waals surface area contributed by atoms with Gasteiger partial charge in [-0.2, -0.15) is 24.8 Å². The first-order valence-corrected chi connectivity index (χ1v) is 32.3. The van der Waals surface area contributed by atoms with Crippen molar-refractivity contribution >= 4 is 71.0 Å². The van der Waals surface area contributed by atoms with Crippen LogP contribution < -0.4 is 21.7 Å². The third kappa shape index (κ3) is 8.46. The molecule has 11 bridgehead atoms. The Morgan fingerprint density at radius 1 is 0.771 bits per heavy atom. The number of aryl methyl sites for hydroxylation is 1. The number of methoxy groups -OCH3 is 7. The Labute approximate surface area is 549 Å². The molecule has 7 amide bonds. The molecule has 25 unspecified atom stereocenters. The van der Waals surface area contributed by atoms with Gasteiger partial charge in [0.05, 0.1) is 104 Å². The fourth-order valence-corrected chi connectivity index (χ4v) is 19.5. The Morgan fingerprint density at radius 2 is 1.48 bits per heavy atom. The van der Waals surface area contributed by atoms with Gasteiger partial charge in [-0.05, 0) is 6.42 Å². The number of aliphatic hydroxyl groups excluding tert-OH is 1. The number of aromatic nitrogens is 3. The lowest BCUT2D eigenvalue weighted by Gasteiger charge is -2.84. The molecule has 6 aliphatic carbocycles. The number of imide groups is 2. The van der Waals surface area contributed by atoms with Gasteiger partial charge in [-0.3, -0.25) is 14.4 Å². The second-order valence-corrected chi connectivity index (χ2v) is 27.3. The standard InChI is InChI=1S/C65H75N9O22/c1-30-21-73-25-34(52(80)70-58(73)81)17-18-35(76)71-63-44-42(83-2)46(84-3)60(44,54(63)94-56(63)87-6)28-91-57-64(88-7)45-43-47(85-4)61(45,55(64)95-57)27-90-53-40-39-41(48(86-5)62(39,26-75)65(40,89-8)96-53)92-36(77)15-11-9-13-32-23-72(50-38(32)49(66)67-29-68-50)20-19-31(30)22-74-24-33(51(79)69-59(74)82)14-10-12-16-37(78)93-43/h17-18,23-25,29-31,33-34,39-48,53-57,75H,11-12,15-16,19-22,26-28H2,1-8H3,(H3-2,66,67,68,69,70,71,76,79,80,81,82)/p+2/b18-17+. The molecular weight excluding hydrogens is 1260 g/mol. The van der Waals surface area contributed by atoms with Crippen molar-refractivity contribution in [1.29, 1.82) is 0 Å². The molecule has 10 heterocycles. The summed E-state index contributed by atoms with van der Waals surface area (Å²) in [5.41, 5.74) is 1.73. The van der Waals surface area contributed by atoms with Gasteiger partial charge in [0.2, 0.25) is 5.91 Å². The van der Waals surface area contributed by atoms with Gasteiger partial charge in [0.1, 0.15) is 65.9 Å². The number of fused-ring (bicyclic) bond motifs is 10. The third-order valence-corrected chi connectivity index (χ3v) is 23.6. The van der Waals surface area contributed by atoms with Gasteiger partial charge in [0.15, 0.2) is 36.2 Å². The van der Waals surface area contributed by atoms with E-state index in [0.29, 0.717) is 23.0 Å².